The minimum absolute atomic E-state index is 0. The fourth-order valence-electron chi connectivity index (χ4n) is 3.68. The Bertz CT molecular complexity index is 1010. The molecule has 176 valence electrons. The van der Waals surface area contributed by atoms with Crippen molar-refractivity contribution in [1.29, 1.82) is 0 Å². The second kappa shape index (κ2) is 12.9. The van der Waals surface area contributed by atoms with E-state index in [0.29, 0.717) is 6.61 Å². The van der Waals surface area contributed by atoms with Gasteiger partial charge in [-0.1, -0.05) is 43.3 Å². The monoisotopic (exact) mass is 467 g/mol. The SMILES string of the molecule is CC/C(=C(/c1ccc(OC)cc1)c1ccc(OCC[NH+](C)C)cc1)c1ccc(OC)cc1.[Cl-]. The molecule has 0 radical (unpaired) electrons. The number of benzene rings is 3. The summed E-state index contributed by atoms with van der Waals surface area (Å²) in [4.78, 5) is 1.37. The highest BCUT2D eigenvalue weighted by atomic mass is 35.5. The number of ether oxygens (including phenoxy) is 3. The molecule has 3 aromatic carbocycles. The molecule has 0 aromatic heterocycles. The van der Waals surface area contributed by atoms with Gasteiger partial charge in [-0.25, -0.2) is 0 Å². The quantitative estimate of drug-likeness (QED) is 0.460. The van der Waals surface area contributed by atoms with Gasteiger partial charge >= 0.3 is 0 Å². The van der Waals surface area contributed by atoms with Crippen molar-refractivity contribution >= 4 is 11.1 Å². The van der Waals surface area contributed by atoms with Crippen LogP contribution in [0.25, 0.3) is 11.1 Å². The van der Waals surface area contributed by atoms with Crippen LogP contribution < -0.4 is 31.5 Å². The number of allylic oxidation sites excluding steroid dienone is 1. The second-order valence-corrected chi connectivity index (χ2v) is 7.99. The molecule has 0 saturated carbocycles. The Morgan fingerprint density at radius 3 is 1.48 bits per heavy atom. The van der Waals surface area contributed by atoms with Gasteiger partial charge in [0.05, 0.1) is 28.3 Å². The summed E-state index contributed by atoms with van der Waals surface area (Å²) in [6, 6.07) is 25.0. The van der Waals surface area contributed by atoms with Crippen LogP contribution in [0, 0.1) is 0 Å². The number of methoxy groups -OCH3 is 2. The zero-order chi connectivity index (χ0) is 22.9. The number of quaternary nitrogens is 1. The van der Waals surface area contributed by atoms with Gasteiger partial charge in [-0.2, -0.15) is 0 Å². The summed E-state index contributed by atoms with van der Waals surface area (Å²) in [5.74, 6) is 2.60. The van der Waals surface area contributed by atoms with E-state index in [4.69, 9.17) is 14.2 Å². The molecule has 0 bridgehead atoms. The van der Waals surface area contributed by atoms with Crippen LogP contribution in [-0.2, 0) is 0 Å². The lowest BCUT2D eigenvalue weighted by atomic mass is 9.88. The third kappa shape index (κ3) is 7.01. The van der Waals surface area contributed by atoms with Gasteiger partial charge in [0.15, 0.2) is 0 Å². The van der Waals surface area contributed by atoms with E-state index < -0.39 is 0 Å². The fourth-order valence-corrected chi connectivity index (χ4v) is 3.68. The van der Waals surface area contributed by atoms with E-state index in [0.717, 1.165) is 41.3 Å². The number of hydrogen-bond acceptors (Lipinski definition) is 3. The molecule has 0 saturated heterocycles. The Balaban J connectivity index is 0.00000385. The Morgan fingerprint density at radius 1 is 0.667 bits per heavy atom. The Hall–Kier alpha value is -2.95. The molecule has 0 aliphatic carbocycles. The third-order valence-corrected chi connectivity index (χ3v) is 5.49. The van der Waals surface area contributed by atoms with E-state index in [2.05, 4.69) is 69.6 Å². The molecule has 4 nitrogen and oxygen atoms in total. The predicted octanol–water partition coefficient (Wildman–Crippen LogP) is 1.60. The molecule has 0 atom stereocenters. The molecule has 1 N–H and O–H groups in total. The number of likely N-dealkylation sites (N-methyl/N-ethyl adjacent to an activating group) is 1. The van der Waals surface area contributed by atoms with Crippen LogP contribution in [0.1, 0.15) is 30.0 Å². The smallest absolute Gasteiger partial charge is 0.137 e. The topological polar surface area (TPSA) is 32.1 Å². The van der Waals surface area contributed by atoms with Crippen LogP contribution in [0.5, 0.6) is 17.2 Å². The third-order valence-electron chi connectivity index (χ3n) is 5.49. The van der Waals surface area contributed by atoms with Gasteiger partial charge in [0.2, 0.25) is 0 Å². The first kappa shape index (κ1) is 26.3. The van der Waals surface area contributed by atoms with Crippen LogP contribution in [-0.4, -0.2) is 41.5 Å². The van der Waals surface area contributed by atoms with Gasteiger partial charge in [0.25, 0.3) is 0 Å². The molecule has 0 fully saturated rings. The molecule has 0 aliphatic heterocycles. The van der Waals surface area contributed by atoms with Crippen molar-refractivity contribution in [3.05, 3.63) is 89.5 Å². The zero-order valence-electron chi connectivity index (χ0n) is 20.2. The van der Waals surface area contributed by atoms with Crippen LogP contribution in [0.15, 0.2) is 72.8 Å². The Morgan fingerprint density at radius 2 is 1.09 bits per heavy atom. The predicted molar refractivity (Wildman–Crippen MR) is 132 cm³/mol. The molecular formula is C28H34ClNO3. The molecule has 3 rings (SSSR count). The number of halogens is 1. The summed E-state index contributed by atoms with van der Waals surface area (Å²) in [7, 11) is 7.64. The summed E-state index contributed by atoms with van der Waals surface area (Å²) in [5, 5.41) is 0. The van der Waals surface area contributed by atoms with E-state index in [-0.39, 0.29) is 12.4 Å². The average molecular weight is 468 g/mol. The van der Waals surface area contributed by atoms with E-state index in [1.165, 1.54) is 21.6 Å². The second-order valence-electron chi connectivity index (χ2n) is 7.99. The first-order chi connectivity index (χ1) is 15.5. The molecule has 0 amide bonds. The van der Waals surface area contributed by atoms with Crippen LogP contribution in [0.2, 0.25) is 0 Å². The molecule has 33 heavy (non-hydrogen) atoms. The summed E-state index contributed by atoms with van der Waals surface area (Å²) in [6.07, 6.45) is 0.900. The highest BCUT2D eigenvalue weighted by molar-refractivity contribution is 5.98. The van der Waals surface area contributed by atoms with Gasteiger partial charge in [-0.15, -0.1) is 0 Å². The molecular weight excluding hydrogens is 434 g/mol. The largest absolute Gasteiger partial charge is 1.00 e. The van der Waals surface area contributed by atoms with E-state index >= 15 is 0 Å². The maximum Gasteiger partial charge on any atom is 0.137 e. The highest BCUT2D eigenvalue weighted by Gasteiger charge is 2.14. The average Bonchev–Trinajstić information content (AvgIpc) is 2.83. The molecule has 0 spiro atoms. The Labute approximate surface area is 204 Å². The first-order valence-corrected chi connectivity index (χ1v) is 11.1. The number of rotatable bonds is 10. The van der Waals surface area contributed by atoms with Crippen molar-refractivity contribution in [2.24, 2.45) is 0 Å². The summed E-state index contributed by atoms with van der Waals surface area (Å²) in [6.45, 7) is 3.87. The van der Waals surface area contributed by atoms with E-state index in [9.17, 15) is 0 Å². The van der Waals surface area contributed by atoms with E-state index in [1.807, 2.05) is 24.3 Å². The minimum atomic E-state index is 0. The molecule has 0 heterocycles. The lowest BCUT2D eigenvalue weighted by molar-refractivity contribution is -0.858. The van der Waals surface area contributed by atoms with Crippen molar-refractivity contribution in [3.8, 4) is 17.2 Å². The fraction of sp³-hybridized carbons (Fsp3) is 0.286. The Kier molecular flexibility index (Phi) is 10.3. The zero-order valence-corrected chi connectivity index (χ0v) is 20.9. The molecule has 0 unspecified atom stereocenters. The lowest BCUT2D eigenvalue weighted by Crippen LogP contribution is -3.06. The van der Waals surface area contributed by atoms with Gasteiger partial charge in [-0.05, 0) is 70.7 Å². The molecule has 5 heteroatoms. The van der Waals surface area contributed by atoms with Crippen molar-refractivity contribution in [1.82, 2.24) is 0 Å². The normalized spacial score (nSPS) is 11.5. The van der Waals surface area contributed by atoms with Crippen molar-refractivity contribution in [2.45, 2.75) is 13.3 Å². The summed E-state index contributed by atoms with van der Waals surface area (Å²) >= 11 is 0. The molecule has 0 aliphatic rings. The first-order valence-electron chi connectivity index (χ1n) is 11.1. The van der Waals surface area contributed by atoms with Gasteiger partial charge < -0.3 is 31.5 Å². The minimum Gasteiger partial charge on any atom is -1.00 e. The highest BCUT2D eigenvalue weighted by Crippen LogP contribution is 2.36. The standard InChI is InChI=1S/C28H33NO3.ClH/c1-6-27(21-7-13-24(30-4)14-8-21)28(22-9-15-25(31-5)16-10-22)23-11-17-26(18-12-23)32-20-19-29(2)3;/h7-18H,6,19-20H2,1-5H3;1H/b28-27+;. The summed E-state index contributed by atoms with van der Waals surface area (Å²) < 4.78 is 16.6. The van der Waals surface area contributed by atoms with Crippen LogP contribution in [0.4, 0.5) is 0 Å². The maximum atomic E-state index is 5.92. The summed E-state index contributed by atoms with van der Waals surface area (Å²) in [5.41, 5.74) is 6.00. The van der Waals surface area contributed by atoms with Crippen molar-refractivity contribution in [3.63, 3.8) is 0 Å². The van der Waals surface area contributed by atoms with Gasteiger partial charge in [0, 0.05) is 0 Å². The lowest BCUT2D eigenvalue weighted by Gasteiger charge is -2.17. The maximum absolute atomic E-state index is 5.92. The van der Waals surface area contributed by atoms with Crippen LogP contribution >= 0.6 is 0 Å². The van der Waals surface area contributed by atoms with Gasteiger partial charge in [-0.3, -0.25) is 0 Å². The van der Waals surface area contributed by atoms with Crippen molar-refractivity contribution < 1.29 is 31.5 Å². The van der Waals surface area contributed by atoms with E-state index in [1.54, 1.807) is 14.2 Å². The van der Waals surface area contributed by atoms with Crippen LogP contribution in [0.3, 0.4) is 0 Å². The number of hydrogen-bond donors (Lipinski definition) is 1. The molecule has 3 aromatic rings. The van der Waals surface area contributed by atoms with Gasteiger partial charge in [0.1, 0.15) is 30.4 Å². The van der Waals surface area contributed by atoms with Crippen molar-refractivity contribution in [2.75, 3.05) is 41.5 Å². The number of nitrogens with one attached hydrogen (secondary N) is 1.